The molecule has 0 fully saturated rings. The third-order valence-corrected chi connectivity index (χ3v) is 1.60. The standard InChI is InChI=1S/C9H15NO/c10-6-7-11-8-9-4-2-1-3-5-9/h2,4-5H,1,3,6-8,10H2. The van der Waals surface area contributed by atoms with Crippen molar-refractivity contribution >= 4 is 0 Å². The highest BCUT2D eigenvalue weighted by Crippen LogP contribution is 2.09. The Labute approximate surface area is 67.7 Å². The van der Waals surface area contributed by atoms with Crippen LogP contribution in [0.25, 0.3) is 0 Å². The van der Waals surface area contributed by atoms with Gasteiger partial charge >= 0.3 is 0 Å². The van der Waals surface area contributed by atoms with E-state index >= 15 is 0 Å². The van der Waals surface area contributed by atoms with Crippen molar-refractivity contribution in [1.29, 1.82) is 0 Å². The molecule has 62 valence electrons. The van der Waals surface area contributed by atoms with E-state index in [-0.39, 0.29) is 0 Å². The maximum absolute atomic E-state index is 5.28. The molecule has 11 heavy (non-hydrogen) atoms. The van der Waals surface area contributed by atoms with Crippen LogP contribution in [0.2, 0.25) is 0 Å². The van der Waals surface area contributed by atoms with Crippen LogP contribution in [0.4, 0.5) is 0 Å². The smallest absolute Gasteiger partial charge is 0.0714 e. The van der Waals surface area contributed by atoms with E-state index in [4.69, 9.17) is 10.5 Å². The molecule has 0 saturated carbocycles. The van der Waals surface area contributed by atoms with Crippen LogP contribution >= 0.6 is 0 Å². The molecule has 0 unspecified atom stereocenters. The largest absolute Gasteiger partial charge is 0.375 e. The second-order valence-corrected chi connectivity index (χ2v) is 2.60. The van der Waals surface area contributed by atoms with Crippen molar-refractivity contribution in [2.75, 3.05) is 19.8 Å². The molecule has 2 N–H and O–H groups in total. The normalized spacial score (nSPS) is 16.6. The minimum atomic E-state index is 0.608. The summed E-state index contributed by atoms with van der Waals surface area (Å²) in [6.07, 6.45) is 8.84. The lowest BCUT2D eigenvalue weighted by atomic mass is 10.1. The van der Waals surface area contributed by atoms with E-state index in [9.17, 15) is 0 Å². The van der Waals surface area contributed by atoms with E-state index in [2.05, 4.69) is 18.2 Å². The maximum Gasteiger partial charge on any atom is 0.0714 e. The van der Waals surface area contributed by atoms with E-state index in [1.165, 1.54) is 12.0 Å². The minimum Gasteiger partial charge on any atom is -0.375 e. The van der Waals surface area contributed by atoms with E-state index in [0.29, 0.717) is 19.8 Å². The quantitative estimate of drug-likeness (QED) is 0.617. The molecule has 0 radical (unpaired) electrons. The van der Waals surface area contributed by atoms with Gasteiger partial charge in [-0.25, -0.2) is 0 Å². The first-order valence-electron chi connectivity index (χ1n) is 4.07. The Morgan fingerprint density at radius 3 is 3.00 bits per heavy atom. The number of ether oxygens (including phenoxy) is 1. The van der Waals surface area contributed by atoms with Gasteiger partial charge in [0.05, 0.1) is 13.2 Å². The second-order valence-electron chi connectivity index (χ2n) is 2.60. The van der Waals surface area contributed by atoms with Gasteiger partial charge in [0, 0.05) is 6.54 Å². The zero-order valence-corrected chi connectivity index (χ0v) is 6.75. The first-order chi connectivity index (χ1) is 5.43. The van der Waals surface area contributed by atoms with Crippen LogP contribution in [0.15, 0.2) is 23.8 Å². The van der Waals surface area contributed by atoms with Crippen molar-refractivity contribution < 1.29 is 4.74 Å². The van der Waals surface area contributed by atoms with Gasteiger partial charge in [-0.2, -0.15) is 0 Å². The van der Waals surface area contributed by atoms with E-state index in [1.807, 2.05) is 0 Å². The summed E-state index contributed by atoms with van der Waals surface area (Å²) < 4.78 is 5.28. The molecule has 1 aliphatic carbocycles. The zero-order valence-electron chi connectivity index (χ0n) is 6.75. The monoisotopic (exact) mass is 153 g/mol. The first-order valence-corrected chi connectivity index (χ1v) is 4.07. The van der Waals surface area contributed by atoms with Crippen LogP contribution in [-0.2, 0) is 4.74 Å². The number of hydrogen-bond acceptors (Lipinski definition) is 2. The number of rotatable bonds is 4. The average Bonchev–Trinajstić information content (AvgIpc) is 2.07. The molecule has 0 heterocycles. The molecule has 2 heteroatoms. The lowest BCUT2D eigenvalue weighted by Crippen LogP contribution is -2.09. The highest BCUT2D eigenvalue weighted by Gasteiger charge is 1.95. The molecular weight excluding hydrogens is 138 g/mol. The molecule has 0 aliphatic heterocycles. The fourth-order valence-corrected chi connectivity index (χ4v) is 1.05. The van der Waals surface area contributed by atoms with Gasteiger partial charge in [-0.05, 0) is 18.4 Å². The van der Waals surface area contributed by atoms with Gasteiger partial charge in [0.2, 0.25) is 0 Å². The molecule has 0 aromatic rings. The van der Waals surface area contributed by atoms with Gasteiger partial charge < -0.3 is 10.5 Å². The molecule has 0 saturated heterocycles. The lowest BCUT2D eigenvalue weighted by molar-refractivity contribution is 0.166. The molecule has 1 rings (SSSR count). The SMILES string of the molecule is NCCOCC1=CCCC=C1. The van der Waals surface area contributed by atoms with Crippen molar-refractivity contribution in [3.05, 3.63) is 23.8 Å². The van der Waals surface area contributed by atoms with Crippen LogP contribution in [0.1, 0.15) is 12.8 Å². The van der Waals surface area contributed by atoms with Gasteiger partial charge in [-0.3, -0.25) is 0 Å². The first kappa shape index (κ1) is 8.50. The minimum absolute atomic E-state index is 0.608. The van der Waals surface area contributed by atoms with Crippen molar-refractivity contribution in [2.45, 2.75) is 12.8 Å². The maximum atomic E-state index is 5.28. The second kappa shape index (κ2) is 5.10. The predicted molar refractivity (Wildman–Crippen MR) is 46.3 cm³/mol. The summed E-state index contributed by atoms with van der Waals surface area (Å²) in [5, 5.41) is 0. The van der Waals surface area contributed by atoms with E-state index in [1.54, 1.807) is 0 Å². The summed E-state index contributed by atoms with van der Waals surface area (Å²) in [4.78, 5) is 0. The highest BCUT2D eigenvalue weighted by atomic mass is 16.5. The molecular formula is C9H15NO. The van der Waals surface area contributed by atoms with Crippen molar-refractivity contribution in [3.8, 4) is 0 Å². The van der Waals surface area contributed by atoms with Crippen LogP contribution in [0, 0.1) is 0 Å². The van der Waals surface area contributed by atoms with E-state index in [0.717, 1.165) is 6.42 Å². The average molecular weight is 153 g/mol. The van der Waals surface area contributed by atoms with Crippen LogP contribution in [0.5, 0.6) is 0 Å². The van der Waals surface area contributed by atoms with Gasteiger partial charge in [0.1, 0.15) is 0 Å². The van der Waals surface area contributed by atoms with Crippen molar-refractivity contribution in [3.63, 3.8) is 0 Å². The summed E-state index contributed by atoms with van der Waals surface area (Å²) in [5.74, 6) is 0. The Balaban J connectivity index is 2.15. The molecule has 0 spiro atoms. The van der Waals surface area contributed by atoms with Gasteiger partial charge in [0.15, 0.2) is 0 Å². The lowest BCUT2D eigenvalue weighted by Gasteiger charge is -2.06. The Morgan fingerprint density at radius 2 is 2.36 bits per heavy atom. The molecule has 0 atom stereocenters. The number of hydrogen-bond donors (Lipinski definition) is 1. The topological polar surface area (TPSA) is 35.2 Å². The summed E-state index contributed by atoms with van der Waals surface area (Å²) in [5.41, 5.74) is 6.56. The predicted octanol–water partition coefficient (Wildman–Crippen LogP) is 1.24. The molecule has 0 aromatic carbocycles. The molecule has 0 bridgehead atoms. The van der Waals surface area contributed by atoms with Crippen molar-refractivity contribution in [1.82, 2.24) is 0 Å². The molecule has 0 aromatic heterocycles. The Bertz CT molecular complexity index is 161. The van der Waals surface area contributed by atoms with Gasteiger partial charge in [-0.1, -0.05) is 18.2 Å². The molecule has 1 aliphatic rings. The summed E-state index contributed by atoms with van der Waals surface area (Å²) >= 11 is 0. The third-order valence-electron chi connectivity index (χ3n) is 1.60. The van der Waals surface area contributed by atoms with Crippen molar-refractivity contribution in [2.24, 2.45) is 5.73 Å². The van der Waals surface area contributed by atoms with Crippen LogP contribution in [0.3, 0.4) is 0 Å². The Morgan fingerprint density at radius 1 is 1.45 bits per heavy atom. The van der Waals surface area contributed by atoms with Gasteiger partial charge in [0.25, 0.3) is 0 Å². The summed E-state index contributed by atoms with van der Waals surface area (Å²) in [6, 6.07) is 0. The van der Waals surface area contributed by atoms with Gasteiger partial charge in [-0.15, -0.1) is 0 Å². The molecule has 0 amide bonds. The third kappa shape index (κ3) is 3.35. The highest BCUT2D eigenvalue weighted by molar-refractivity contribution is 5.22. The fraction of sp³-hybridized carbons (Fsp3) is 0.556. The summed E-state index contributed by atoms with van der Waals surface area (Å²) in [7, 11) is 0. The molecule has 2 nitrogen and oxygen atoms in total. The van der Waals surface area contributed by atoms with Crippen LogP contribution in [-0.4, -0.2) is 19.8 Å². The van der Waals surface area contributed by atoms with E-state index < -0.39 is 0 Å². The Kier molecular flexibility index (Phi) is 3.94. The van der Waals surface area contributed by atoms with Crippen LogP contribution < -0.4 is 5.73 Å². The fourth-order valence-electron chi connectivity index (χ4n) is 1.05. The number of allylic oxidation sites excluding steroid dienone is 2. The number of nitrogens with two attached hydrogens (primary N) is 1. The zero-order chi connectivity index (χ0) is 7.94. The Hall–Kier alpha value is -0.600. The summed E-state index contributed by atoms with van der Waals surface area (Å²) in [6.45, 7) is 1.98.